The van der Waals surface area contributed by atoms with Gasteiger partial charge in [-0.15, -0.1) is 0 Å². The van der Waals surface area contributed by atoms with Crippen LogP contribution in [0.4, 0.5) is 0 Å². The zero-order valence-corrected chi connectivity index (χ0v) is 12.7. The maximum absolute atomic E-state index is 11.8. The molecule has 20 heavy (non-hydrogen) atoms. The Morgan fingerprint density at radius 2 is 1.95 bits per heavy atom. The first-order valence-electron chi connectivity index (χ1n) is 6.72. The lowest BCUT2D eigenvalue weighted by molar-refractivity contribution is -0.124. The Morgan fingerprint density at radius 3 is 2.50 bits per heavy atom. The molecule has 0 aliphatic heterocycles. The van der Waals surface area contributed by atoms with Crippen molar-refractivity contribution in [2.24, 2.45) is 5.73 Å². The summed E-state index contributed by atoms with van der Waals surface area (Å²) in [5.74, 6) is 1.10. The zero-order valence-electron chi connectivity index (χ0n) is 12.7. The third kappa shape index (κ3) is 5.09. The summed E-state index contributed by atoms with van der Waals surface area (Å²) >= 11 is 0. The van der Waals surface area contributed by atoms with Crippen LogP contribution in [0.2, 0.25) is 0 Å². The molecule has 0 radical (unpaired) electrons. The number of ether oxygens (including phenoxy) is 2. The molecular formula is C15H24N2O3. The van der Waals surface area contributed by atoms with Crippen molar-refractivity contribution in [1.29, 1.82) is 0 Å². The molecule has 0 heterocycles. The number of hydrogen-bond acceptors (Lipinski definition) is 4. The molecule has 3 N–H and O–H groups in total. The molecule has 1 amide bonds. The monoisotopic (exact) mass is 280 g/mol. The first kappa shape index (κ1) is 16.3. The van der Waals surface area contributed by atoms with Gasteiger partial charge in [0.1, 0.15) is 11.5 Å². The van der Waals surface area contributed by atoms with Crippen LogP contribution < -0.4 is 20.5 Å². The normalized spacial score (nSPS) is 11.1. The lowest BCUT2D eigenvalue weighted by atomic mass is 10.0. The Hall–Kier alpha value is -1.75. The van der Waals surface area contributed by atoms with Gasteiger partial charge in [0.05, 0.1) is 7.11 Å². The fraction of sp³-hybridized carbons (Fsp3) is 0.533. The molecule has 0 unspecified atom stereocenters. The number of nitrogens with one attached hydrogen (secondary N) is 1. The maximum Gasteiger partial charge on any atom is 0.258 e. The quantitative estimate of drug-likeness (QED) is 0.799. The summed E-state index contributed by atoms with van der Waals surface area (Å²) in [6, 6.07) is 5.38. The minimum Gasteiger partial charge on any atom is -0.497 e. The van der Waals surface area contributed by atoms with E-state index in [4.69, 9.17) is 15.2 Å². The van der Waals surface area contributed by atoms with Crippen LogP contribution in [0.25, 0.3) is 0 Å². The molecule has 0 saturated heterocycles. The summed E-state index contributed by atoms with van der Waals surface area (Å²) < 4.78 is 10.7. The SMILES string of the molecule is CCC(C)(C)NC(=O)COc1cc(CN)cc(OC)c1. The minimum absolute atomic E-state index is 0.0272. The molecule has 5 heteroatoms. The molecule has 1 aromatic rings. The van der Waals surface area contributed by atoms with Gasteiger partial charge in [-0.2, -0.15) is 0 Å². The molecule has 0 bridgehead atoms. The van der Waals surface area contributed by atoms with E-state index in [-0.39, 0.29) is 18.1 Å². The van der Waals surface area contributed by atoms with Crippen molar-refractivity contribution in [3.05, 3.63) is 23.8 Å². The summed E-state index contributed by atoms with van der Waals surface area (Å²) in [6.07, 6.45) is 0.856. The molecule has 0 aliphatic rings. The molecule has 5 nitrogen and oxygen atoms in total. The number of carbonyl (C=O) groups excluding carboxylic acids is 1. The van der Waals surface area contributed by atoms with Gasteiger partial charge in [-0.3, -0.25) is 4.79 Å². The molecule has 1 rings (SSSR count). The van der Waals surface area contributed by atoms with Gasteiger partial charge >= 0.3 is 0 Å². The van der Waals surface area contributed by atoms with Gasteiger partial charge in [-0.05, 0) is 38.0 Å². The Kier molecular flexibility index (Phi) is 5.82. The lowest BCUT2D eigenvalue weighted by Gasteiger charge is -2.24. The van der Waals surface area contributed by atoms with Crippen LogP contribution in [0.1, 0.15) is 32.8 Å². The maximum atomic E-state index is 11.8. The molecule has 0 aliphatic carbocycles. The Labute approximate surface area is 120 Å². The van der Waals surface area contributed by atoms with E-state index in [1.165, 1.54) is 0 Å². The van der Waals surface area contributed by atoms with E-state index in [2.05, 4.69) is 5.32 Å². The Morgan fingerprint density at radius 1 is 1.30 bits per heavy atom. The summed E-state index contributed by atoms with van der Waals surface area (Å²) in [7, 11) is 1.58. The van der Waals surface area contributed by atoms with Gasteiger partial charge in [-0.25, -0.2) is 0 Å². The van der Waals surface area contributed by atoms with Crippen molar-refractivity contribution >= 4 is 5.91 Å². The Bertz CT molecular complexity index is 436. The topological polar surface area (TPSA) is 73.6 Å². The van der Waals surface area contributed by atoms with Gasteiger partial charge in [-0.1, -0.05) is 6.92 Å². The van der Waals surface area contributed by atoms with Crippen molar-refractivity contribution in [2.75, 3.05) is 13.7 Å². The van der Waals surface area contributed by atoms with Crippen LogP contribution in [0.15, 0.2) is 18.2 Å². The van der Waals surface area contributed by atoms with E-state index in [0.717, 1.165) is 12.0 Å². The first-order valence-corrected chi connectivity index (χ1v) is 6.72. The van der Waals surface area contributed by atoms with Crippen molar-refractivity contribution in [3.63, 3.8) is 0 Å². The number of benzene rings is 1. The highest BCUT2D eigenvalue weighted by Gasteiger charge is 2.18. The number of carbonyl (C=O) groups is 1. The molecule has 112 valence electrons. The fourth-order valence-electron chi connectivity index (χ4n) is 1.60. The van der Waals surface area contributed by atoms with Gasteiger partial charge in [0.2, 0.25) is 0 Å². The predicted molar refractivity (Wildman–Crippen MR) is 78.9 cm³/mol. The van der Waals surface area contributed by atoms with Gasteiger partial charge < -0.3 is 20.5 Å². The highest BCUT2D eigenvalue weighted by atomic mass is 16.5. The van der Waals surface area contributed by atoms with E-state index < -0.39 is 0 Å². The summed E-state index contributed by atoms with van der Waals surface area (Å²) in [5, 5.41) is 2.91. The third-order valence-electron chi connectivity index (χ3n) is 3.14. The molecule has 0 saturated carbocycles. The van der Waals surface area contributed by atoms with Gasteiger partial charge in [0, 0.05) is 18.2 Å². The minimum atomic E-state index is -0.225. The van der Waals surface area contributed by atoms with Crippen molar-refractivity contribution in [2.45, 2.75) is 39.3 Å². The number of rotatable bonds is 7. The van der Waals surface area contributed by atoms with Crippen LogP contribution in [0, 0.1) is 0 Å². The van der Waals surface area contributed by atoms with Crippen LogP contribution in [-0.4, -0.2) is 25.2 Å². The smallest absolute Gasteiger partial charge is 0.258 e. The average Bonchev–Trinajstić information content (AvgIpc) is 2.44. The number of amides is 1. The summed E-state index contributed by atoms with van der Waals surface area (Å²) in [4.78, 5) is 11.8. The van der Waals surface area contributed by atoms with E-state index in [1.54, 1.807) is 19.2 Å². The van der Waals surface area contributed by atoms with Gasteiger partial charge in [0.15, 0.2) is 6.61 Å². The van der Waals surface area contributed by atoms with Crippen LogP contribution in [-0.2, 0) is 11.3 Å². The highest BCUT2D eigenvalue weighted by molar-refractivity contribution is 5.78. The third-order valence-corrected chi connectivity index (χ3v) is 3.14. The standard InChI is InChI=1S/C15H24N2O3/c1-5-15(2,3)17-14(18)10-20-13-7-11(9-16)6-12(8-13)19-4/h6-8H,5,9-10,16H2,1-4H3,(H,17,18). The van der Waals surface area contributed by atoms with Crippen LogP contribution in [0.3, 0.4) is 0 Å². The Balaban J connectivity index is 2.63. The number of hydrogen-bond donors (Lipinski definition) is 2. The van der Waals surface area contributed by atoms with E-state index in [0.29, 0.717) is 18.0 Å². The molecule has 0 spiro atoms. The molecule has 0 aromatic heterocycles. The lowest BCUT2D eigenvalue weighted by Crippen LogP contribution is -2.44. The van der Waals surface area contributed by atoms with Crippen molar-refractivity contribution in [3.8, 4) is 11.5 Å². The van der Waals surface area contributed by atoms with E-state index in [9.17, 15) is 4.79 Å². The van der Waals surface area contributed by atoms with Crippen LogP contribution in [0.5, 0.6) is 11.5 Å². The first-order chi connectivity index (χ1) is 9.40. The predicted octanol–water partition coefficient (Wildman–Crippen LogP) is 1.84. The number of methoxy groups -OCH3 is 1. The second kappa shape index (κ2) is 7.14. The zero-order chi connectivity index (χ0) is 15.2. The largest absolute Gasteiger partial charge is 0.497 e. The second-order valence-corrected chi connectivity index (χ2v) is 5.30. The fourth-order valence-corrected chi connectivity index (χ4v) is 1.60. The molecule has 0 atom stereocenters. The highest BCUT2D eigenvalue weighted by Crippen LogP contribution is 2.22. The van der Waals surface area contributed by atoms with E-state index >= 15 is 0 Å². The molecule has 1 aromatic carbocycles. The molecule has 0 fully saturated rings. The van der Waals surface area contributed by atoms with E-state index in [1.807, 2.05) is 26.8 Å². The van der Waals surface area contributed by atoms with Crippen molar-refractivity contribution in [1.82, 2.24) is 5.32 Å². The van der Waals surface area contributed by atoms with Gasteiger partial charge in [0.25, 0.3) is 5.91 Å². The van der Waals surface area contributed by atoms with Crippen molar-refractivity contribution < 1.29 is 14.3 Å². The summed E-state index contributed by atoms with van der Waals surface area (Å²) in [5.41, 5.74) is 6.28. The van der Waals surface area contributed by atoms with Crippen LogP contribution >= 0.6 is 0 Å². The second-order valence-electron chi connectivity index (χ2n) is 5.30. The summed E-state index contributed by atoms with van der Waals surface area (Å²) in [6.45, 7) is 6.34. The molecular weight excluding hydrogens is 256 g/mol. The number of nitrogens with two attached hydrogens (primary N) is 1. The average molecular weight is 280 g/mol.